The Bertz CT molecular complexity index is 316. The highest BCUT2D eigenvalue weighted by atomic mass is 15.1. The van der Waals surface area contributed by atoms with Crippen LogP contribution in [0.3, 0.4) is 0 Å². The highest BCUT2D eigenvalue weighted by Crippen LogP contribution is 2.18. The van der Waals surface area contributed by atoms with Crippen molar-refractivity contribution in [3.05, 3.63) is 23.8 Å². The number of nitrogen functional groups attached to an aromatic ring is 1. The molecule has 0 aliphatic heterocycles. The lowest BCUT2D eigenvalue weighted by atomic mass is 10.2. The van der Waals surface area contributed by atoms with Gasteiger partial charge in [-0.05, 0) is 30.7 Å². The summed E-state index contributed by atoms with van der Waals surface area (Å²) >= 11 is 0. The van der Waals surface area contributed by atoms with Gasteiger partial charge in [-0.25, -0.2) is 0 Å². The van der Waals surface area contributed by atoms with E-state index in [1.165, 1.54) is 0 Å². The van der Waals surface area contributed by atoms with Gasteiger partial charge in [-0.1, -0.05) is 5.92 Å². The minimum atomic E-state index is 0.600. The fourth-order valence-electron chi connectivity index (χ4n) is 1.24. The van der Waals surface area contributed by atoms with Gasteiger partial charge in [0.1, 0.15) is 0 Å². The van der Waals surface area contributed by atoms with Crippen molar-refractivity contribution in [1.82, 2.24) is 0 Å². The molecule has 1 rings (SSSR count). The van der Waals surface area contributed by atoms with Crippen LogP contribution < -0.4 is 10.6 Å². The van der Waals surface area contributed by atoms with Crippen molar-refractivity contribution in [3.63, 3.8) is 0 Å². The van der Waals surface area contributed by atoms with Gasteiger partial charge in [0, 0.05) is 18.4 Å². The fourth-order valence-corrected chi connectivity index (χ4v) is 1.24. The Morgan fingerprint density at radius 3 is 2.69 bits per heavy atom. The van der Waals surface area contributed by atoms with Crippen molar-refractivity contribution in [3.8, 4) is 12.3 Å². The van der Waals surface area contributed by atoms with E-state index in [4.69, 9.17) is 12.2 Å². The molecule has 0 aliphatic carbocycles. The summed E-state index contributed by atoms with van der Waals surface area (Å²) in [5, 5.41) is 0. The molecule has 13 heavy (non-hydrogen) atoms. The average molecular weight is 174 g/mol. The number of rotatable bonds is 2. The van der Waals surface area contributed by atoms with Crippen LogP contribution >= 0.6 is 0 Å². The molecule has 0 saturated carbocycles. The molecule has 0 aliphatic rings. The number of nitrogens with two attached hydrogens (primary N) is 1. The lowest BCUT2D eigenvalue weighted by Crippen LogP contribution is -2.17. The Hall–Kier alpha value is -1.62. The second kappa shape index (κ2) is 3.86. The van der Waals surface area contributed by atoms with Crippen LogP contribution in [0.5, 0.6) is 0 Å². The molecule has 1 aromatic rings. The van der Waals surface area contributed by atoms with Gasteiger partial charge in [-0.3, -0.25) is 0 Å². The summed E-state index contributed by atoms with van der Waals surface area (Å²) in [7, 11) is 1.95. The van der Waals surface area contributed by atoms with Crippen molar-refractivity contribution < 1.29 is 0 Å². The first-order chi connectivity index (χ1) is 6.13. The third-order valence-corrected chi connectivity index (χ3v) is 1.85. The molecule has 2 nitrogen and oxygen atoms in total. The molecular formula is C11H14N2. The lowest BCUT2D eigenvalue weighted by molar-refractivity contribution is 1.05. The number of hydrogen-bond acceptors (Lipinski definition) is 2. The zero-order valence-electron chi connectivity index (χ0n) is 8.04. The molecule has 0 amide bonds. The third kappa shape index (κ3) is 2.41. The molecule has 0 heterocycles. The van der Waals surface area contributed by atoms with Crippen LogP contribution in [0.15, 0.2) is 18.2 Å². The maximum atomic E-state index is 5.72. The number of nitrogens with zero attached hydrogens (tertiary/aromatic N) is 1. The van der Waals surface area contributed by atoms with E-state index in [9.17, 15) is 0 Å². The summed E-state index contributed by atoms with van der Waals surface area (Å²) in [6, 6.07) is 5.92. The molecule has 0 fully saturated rings. The molecule has 0 spiro atoms. The van der Waals surface area contributed by atoms with Crippen molar-refractivity contribution in [2.75, 3.05) is 24.2 Å². The summed E-state index contributed by atoms with van der Waals surface area (Å²) < 4.78 is 0. The molecule has 0 aromatic heterocycles. The van der Waals surface area contributed by atoms with E-state index in [0.29, 0.717) is 6.54 Å². The van der Waals surface area contributed by atoms with Crippen LogP contribution in [-0.4, -0.2) is 13.6 Å². The first-order valence-electron chi connectivity index (χ1n) is 4.15. The van der Waals surface area contributed by atoms with E-state index in [2.05, 4.69) is 12.0 Å². The Labute approximate surface area is 79.4 Å². The Morgan fingerprint density at radius 2 is 2.15 bits per heavy atom. The Morgan fingerprint density at radius 1 is 1.46 bits per heavy atom. The number of aryl methyl sites for hydroxylation is 1. The van der Waals surface area contributed by atoms with Gasteiger partial charge in [-0.15, -0.1) is 6.42 Å². The van der Waals surface area contributed by atoms with Crippen molar-refractivity contribution >= 4 is 11.4 Å². The van der Waals surface area contributed by atoms with Crippen LogP contribution in [-0.2, 0) is 0 Å². The third-order valence-electron chi connectivity index (χ3n) is 1.85. The largest absolute Gasteiger partial charge is 0.399 e. The van der Waals surface area contributed by atoms with E-state index >= 15 is 0 Å². The van der Waals surface area contributed by atoms with Crippen LogP contribution in [0.25, 0.3) is 0 Å². The van der Waals surface area contributed by atoms with E-state index < -0.39 is 0 Å². The molecule has 1 aromatic carbocycles. The molecule has 2 heteroatoms. The van der Waals surface area contributed by atoms with Crippen LogP contribution in [0.4, 0.5) is 11.4 Å². The van der Waals surface area contributed by atoms with E-state index in [0.717, 1.165) is 16.9 Å². The van der Waals surface area contributed by atoms with Gasteiger partial charge in [0.05, 0.1) is 6.54 Å². The highest BCUT2D eigenvalue weighted by Gasteiger charge is 2.00. The van der Waals surface area contributed by atoms with Crippen molar-refractivity contribution in [2.24, 2.45) is 0 Å². The summed E-state index contributed by atoms with van der Waals surface area (Å²) in [5.41, 5.74) is 8.71. The number of hydrogen-bond donors (Lipinski definition) is 1. The molecular weight excluding hydrogens is 160 g/mol. The van der Waals surface area contributed by atoms with Crippen LogP contribution in [0, 0.1) is 19.3 Å². The Balaban J connectivity index is 2.95. The van der Waals surface area contributed by atoms with Gasteiger partial charge in [0.25, 0.3) is 0 Å². The summed E-state index contributed by atoms with van der Waals surface area (Å²) in [4.78, 5) is 1.99. The number of benzene rings is 1. The van der Waals surface area contributed by atoms with Gasteiger partial charge in [0.15, 0.2) is 0 Å². The van der Waals surface area contributed by atoms with E-state index in [1.54, 1.807) is 0 Å². The standard InChI is InChI=1S/C11H14N2/c1-4-5-13(3)11-7-9(2)6-10(12)8-11/h1,6-8H,5,12H2,2-3H3. The lowest BCUT2D eigenvalue weighted by Gasteiger charge is -2.17. The van der Waals surface area contributed by atoms with Crippen LogP contribution in [0.1, 0.15) is 5.56 Å². The first-order valence-corrected chi connectivity index (χ1v) is 4.15. The normalized spacial score (nSPS) is 9.31. The fraction of sp³-hybridized carbons (Fsp3) is 0.273. The summed E-state index contributed by atoms with van der Waals surface area (Å²) in [5.74, 6) is 2.59. The second-order valence-electron chi connectivity index (χ2n) is 3.16. The molecule has 0 bridgehead atoms. The predicted octanol–water partition coefficient (Wildman–Crippen LogP) is 1.65. The summed E-state index contributed by atoms with van der Waals surface area (Å²) in [6.07, 6.45) is 5.22. The topological polar surface area (TPSA) is 29.3 Å². The molecule has 68 valence electrons. The molecule has 0 radical (unpaired) electrons. The Kier molecular flexibility index (Phi) is 2.81. The van der Waals surface area contributed by atoms with E-state index in [1.807, 2.05) is 31.0 Å². The maximum absolute atomic E-state index is 5.72. The first kappa shape index (κ1) is 9.47. The maximum Gasteiger partial charge on any atom is 0.0788 e. The molecule has 0 unspecified atom stereocenters. The number of terminal acetylenes is 1. The van der Waals surface area contributed by atoms with E-state index in [-0.39, 0.29) is 0 Å². The quantitative estimate of drug-likeness (QED) is 0.545. The average Bonchev–Trinajstić information content (AvgIpc) is 2.03. The van der Waals surface area contributed by atoms with Gasteiger partial charge in [0.2, 0.25) is 0 Å². The SMILES string of the molecule is C#CCN(C)c1cc(C)cc(N)c1. The van der Waals surface area contributed by atoms with Crippen molar-refractivity contribution in [2.45, 2.75) is 6.92 Å². The molecule has 0 saturated heterocycles. The predicted molar refractivity (Wildman–Crippen MR) is 57.7 cm³/mol. The zero-order valence-corrected chi connectivity index (χ0v) is 8.04. The number of anilines is 2. The zero-order chi connectivity index (χ0) is 9.84. The van der Waals surface area contributed by atoms with Gasteiger partial charge >= 0.3 is 0 Å². The molecule has 2 N–H and O–H groups in total. The summed E-state index contributed by atoms with van der Waals surface area (Å²) in [6.45, 7) is 2.62. The van der Waals surface area contributed by atoms with Gasteiger partial charge < -0.3 is 10.6 Å². The van der Waals surface area contributed by atoms with Gasteiger partial charge in [-0.2, -0.15) is 0 Å². The second-order valence-corrected chi connectivity index (χ2v) is 3.16. The van der Waals surface area contributed by atoms with Crippen molar-refractivity contribution in [1.29, 1.82) is 0 Å². The smallest absolute Gasteiger partial charge is 0.0788 e. The highest BCUT2D eigenvalue weighted by molar-refractivity contribution is 5.58. The minimum Gasteiger partial charge on any atom is -0.399 e. The monoisotopic (exact) mass is 174 g/mol. The molecule has 0 atom stereocenters. The minimum absolute atomic E-state index is 0.600. The van der Waals surface area contributed by atoms with Crippen LogP contribution in [0.2, 0.25) is 0 Å².